The number of rotatable bonds is 4. The van der Waals surface area contributed by atoms with Crippen LogP contribution >= 0.6 is 11.3 Å². The summed E-state index contributed by atoms with van der Waals surface area (Å²) in [4.78, 5) is 15.4. The second-order valence-electron chi connectivity index (χ2n) is 4.56. The van der Waals surface area contributed by atoms with E-state index < -0.39 is 0 Å². The molecule has 1 unspecified atom stereocenters. The molecule has 4 nitrogen and oxygen atoms in total. The number of amides is 1. The van der Waals surface area contributed by atoms with Crippen molar-refractivity contribution < 1.29 is 9.53 Å². The Morgan fingerprint density at radius 3 is 2.75 bits per heavy atom. The van der Waals surface area contributed by atoms with Crippen molar-refractivity contribution in [2.45, 2.75) is 13.0 Å². The second kappa shape index (κ2) is 5.96. The van der Waals surface area contributed by atoms with Crippen molar-refractivity contribution in [2.75, 3.05) is 19.9 Å². The number of carbonyl (C=O) groups is 1. The third-order valence-corrected chi connectivity index (χ3v) is 4.39. The lowest BCUT2D eigenvalue weighted by Gasteiger charge is -2.25. The Balaban J connectivity index is 2.26. The molecular formula is C15H18N2O2S. The summed E-state index contributed by atoms with van der Waals surface area (Å²) in [5.74, 6) is 0.516. The highest BCUT2D eigenvalue weighted by molar-refractivity contribution is 7.10. The fourth-order valence-electron chi connectivity index (χ4n) is 1.93. The molecular weight excluding hydrogens is 272 g/mol. The van der Waals surface area contributed by atoms with Gasteiger partial charge in [0.05, 0.1) is 18.7 Å². The quantitative estimate of drug-likeness (QED) is 0.880. The zero-order valence-corrected chi connectivity index (χ0v) is 12.6. The van der Waals surface area contributed by atoms with E-state index in [1.165, 1.54) is 0 Å². The smallest absolute Gasteiger partial charge is 0.256 e. The average Bonchev–Trinajstić information content (AvgIpc) is 2.99. The van der Waals surface area contributed by atoms with Crippen molar-refractivity contribution in [1.29, 1.82) is 0 Å². The van der Waals surface area contributed by atoms with Crippen molar-refractivity contribution in [3.05, 3.63) is 46.2 Å². The maximum atomic E-state index is 12.6. The minimum absolute atomic E-state index is 0.00750. The van der Waals surface area contributed by atoms with Crippen molar-refractivity contribution >= 4 is 22.9 Å². The first kappa shape index (κ1) is 14.4. The number of ether oxygens (including phenoxy) is 1. The zero-order chi connectivity index (χ0) is 14.7. The van der Waals surface area contributed by atoms with E-state index in [1.54, 1.807) is 48.6 Å². The molecule has 2 aromatic rings. The Labute approximate surface area is 122 Å². The molecule has 2 rings (SSSR count). The number of hydrogen-bond donors (Lipinski definition) is 1. The summed E-state index contributed by atoms with van der Waals surface area (Å²) in [6.07, 6.45) is 0. The zero-order valence-electron chi connectivity index (χ0n) is 11.8. The van der Waals surface area contributed by atoms with Gasteiger partial charge in [0.2, 0.25) is 0 Å². The molecule has 0 spiro atoms. The van der Waals surface area contributed by atoms with E-state index in [2.05, 4.69) is 0 Å². The lowest BCUT2D eigenvalue weighted by molar-refractivity contribution is 0.0745. The lowest BCUT2D eigenvalue weighted by atomic mass is 10.1. The molecule has 0 fully saturated rings. The third kappa shape index (κ3) is 2.77. The fraction of sp³-hybridized carbons (Fsp3) is 0.267. The number of methoxy groups -OCH3 is 1. The van der Waals surface area contributed by atoms with Crippen LogP contribution in [0.5, 0.6) is 5.75 Å². The Morgan fingerprint density at radius 2 is 2.15 bits per heavy atom. The van der Waals surface area contributed by atoms with E-state index in [4.69, 9.17) is 10.5 Å². The fourth-order valence-corrected chi connectivity index (χ4v) is 2.76. The summed E-state index contributed by atoms with van der Waals surface area (Å²) in [7, 11) is 3.35. The molecule has 2 N–H and O–H groups in total. The van der Waals surface area contributed by atoms with Gasteiger partial charge in [-0.05, 0) is 36.6 Å². The summed E-state index contributed by atoms with van der Waals surface area (Å²) in [6, 6.07) is 9.12. The highest BCUT2D eigenvalue weighted by Gasteiger charge is 2.21. The van der Waals surface area contributed by atoms with Crippen LogP contribution in [0.3, 0.4) is 0 Å². The molecule has 1 aromatic carbocycles. The minimum atomic E-state index is -0.109. The second-order valence-corrected chi connectivity index (χ2v) is 5.54. The summed E-state index contributed by atoms with van der Waals surface area (Å²) < 4.78 is 5.15. The Morgan fingerprint density at radius 1 is 1.40 bits per heavy atom. The van der Waals surface area contributed by atoms with Crippen LogP contribution < -0.4 is 10.5 Å². The molecule has 0 bridgehead atoms. The number of benzene rings is 1. The normalized spacial score (nSPS) is 11.9. The molecule has 0 radical (unpaired) electrons. The minimum Gasteiger partial charge on any atom is -0.497 e. The largest absolute Gasteiger partial charge is 0.497 e. The predicted octanol–water partition coefficient (Wildman–Crippen LogP) is 3.17. The van der Waals surface area contributed by atoms with E-state index in [0.717, 1.165) is 4.88 Å². The van der Waals surface area contributed by atoms with Crippen molar-refractivity contribution in [2.24, 2.45) is 0 Å². The van der Waals surface area contributed by atoms with Crippen LogP contribution in [0, 0.1) is 0 Å². The maximum Gasteiger partial charge on any atom is 0.256 e. The molecule has 1 heterocycles. The monoisotopic (exact) mass is 290 g/mol. The molecule has 106 valence electrons. The topological polar surface area (TPSA) is 55.6 Å². The van der Waals surface area contributed by atoms with Crippen LogP contribution in [-0.2, 0) is 0 Å². The highest BCUT2D eigenvalue weighted by atomic mass is 32.1. The van der Waals surface area contributed by atoms with E-state index in [9.17, 15) is 4.79 Å². The highest BCUT2D eigenvalue weighted by Crippen LogP contribution is 2.27. The van der Waals surface area contributed by atoms with Gasteiger partial charge < -0.3 is 15.4 Å². The molecule has 0 aliphatic carbocycles. The van der Waals surface area contributed by atoms with Gasteiger partial charge in [-0.2, -0.15) is 0 Å². The number of nitrogen functional groups attached to an aromatic ring is 1. The average molecular weight is 290 g/mol. The summed E-state index contributed by atoms with van der Waals surface area (Å²) >= 11 is 1.63. The number of carbonyl (C=O) groups excluding carboxylic acids is 1. The SMILES string of the molecule is COc1ccc(N)c(C(=O)N(C)C(C)c2cccs2)c1. The Kier molecular flexibility index (Phi) is 4.29. The molecule has 5 heteroatoms. The van der Waals surface area contributed by atoms with Gasteiger partial charge in [-0.15, -0.1) is 11.3 Å². The van der Waals surface area contributed by atoms with Crippen LogP contribution in [0.15, 0.2) is 35.7 Å². The summed E-state index contributed by atoms with van der Waals surface area (Å²) in [5, 5.41) is 2.00. The van der Waals surface area contributed by atoms with Crippen LogP contribution in [0.4, 0.5) is 5.69 Å². The van der Waals surface area contributed by atoms with E-state index in [0.29, 0.717) is 17.0 Å². The van der Waals surface area contributed by atoms with Crippen LogP contribution in [0.25, 0.3) is 0 Å². The van der Waals surface area contributed by atoms with Crippen molar-refractivity contribution in [3.8, 4) is 5.75 Å². The first-order valence-corrected chi connectivity index (χ1v) is 7.16. The van der Waals surface area contributed by atoms with Gasteiger partial charge >= 0.3 is 0 Å². The number of nitrogens with zero attached hydrogens (tertiary/aromatic N) is 1. The van der Waals surface area contributed by atoms with Gasteiger partial charge in [-0.3, -0.25) is 4.79 Å². The van der Waals surface area contributed by atoms with Gasteiger partial charge in [0.1, 0.15) is 5.75 Å². The maximum absolute atomic E-state index is 12.6. The van der Waals surface area contributed by atoms with Crippen LogP contribution in [0.2, 0.25) is 0 Å². The molecule has 20 heavy (non-hydrogen) atoms. The number of thiophene rings is 1. The van der Waals surface area contributed by atoms with E-state index >= 15 is 0 Å². The third-order valence-electron chi connectivity index (χ3n) is 3.35. The Bertz CT molecular complexity index is 596. The standard InChI is InChI=1S/C15H18N2O2S/c1-10(14-5-4-8-20-14)17(2)15(18)12-9-11(19-3)6-7-13(12)16/h4-10H,16H2,1-3H3. The molecule has 1 atom stereocenters. The first-order valence-electron chi connectivity index (χ1n) is 6.28. The van der Waals surface area contributed by atoms with Crippen LogP contribution in [-0.4, -0.2) is 25.0 Å². The van der Waals surface area contributed by atoms with Gasteiger partial charge in [0.15, 0.2) is 0 Å². The summed E-state index contributed by atoms with van der Waals surface area (Å²) in [6.45, 7) is 2.00. The van der Waals surface area contributed by atoms with Gasteiger partial charge in [-0.1, -0.05) is 6.07 Å². The number of anilines is 1. The van der Waals surface area contributed by atoms with Crippen molar-refractivity contribution in [3.63, 3.8) is 0 Å². The summed E-state index contributed by atoms with van der Waals surface area (Å²) in [5.41, 5.74) is 6.83. The first-order chi connectivity index (χ1) is 9.54. The predicted molar refractivity (Wildman–Crippen MR) is 82.2 cm³/mol. The molecule has 1 aromatic heterocycles. The van der Waals surface area contributed by atoms with E-state index in [-0.39, 0.29) is 11.9 Å². The molecule has 0 aliphatic rings. The van der Waals surface area contributed by atoms with Gasteiger partial charge in [0.25, 0.3) is 5.91 Å². The van der Waals surface area contributed by atoms with Gasteiger partial charge in [-0.25, -0.2) is 0 Å². The molecule has 0 saturated heterocycles. The molecule has 1 amide bonds. The Hall–Kier alpha value is -2.01. The molecule has 0 aliphatic heterocycles. The lowest BCUT2D eigenvalue weighted by Crippen LogP contribution is -2.29. The van der Waals surface area contributed by atoms with E-state index in [1.807, 2.05) is 24.4 Å². The molecule has 0 saturated carbocycles. The number of hydrogen-bond acceptors (Lipinski definition) is 4. The van der Waals surface area contributed by atoms with Crippen LogP contribution in [0.1, 0.15) is 28.2 Å². The van der Waals surface area contributed by atoms with Gasteiger partial charge in [0, 0.05) is 17.6 Å². The van der Waals surface area contributed by atoms with Crippen molar-refractivity contribution in [1.82, 2.24) is 4.90 Å². The number of nitrogens with two attached hydrogens (primary N) is 1.